The maximum Gasteiger partial charge on any atom is 0.265 e. The predicted octanol–water partition coefficient (Wildman–Crippen LogP) is 5.78. The lowest BCUT2D eigenvalue weighted by molar-refractivity contribution is 0.103. The lowest BCUT2D eigenvalue weighted by Crippen LogP contribution is -2.15. The van der Waals surface area contributed by atoms with Gasteiger partial charge in [0, 0.05) is 40.2 Å². The van der Waals surface area contributed by atoms with E-state index in [1.807, 2.05) is 72.1 Å². The third-order valence-electron chi connectivity index (χ3n) is 5.27. The normalized spacial score (nSPS) is 11.9. The van der Waals surface area contributed by atoms with E-state index in [1.165, 1.54) is 11.3 Å². The number of carbonyl (C=O) groups is 1. The fourth-order valence-corrected chi connectivity index (χ4v) is 4.45. The molecule has 0 unspecified atom stereocenters. The molecule has 0 saturated heterocycles. The summed E-state index contributed by atoms with van der Waals surface area (Å²) in [5.74, 6) is 0.653. The van der Waals surface area contributed by atoms with Gasteiger partial charge in [0.15, 0.2) is 0 Å². The third-order valence-corrected chi connectivity index (χ3v) is 6.14. The highest BCUT2D eigenvalue weighted by Gasteiger charge is 2.23. The van der Waals surface area contributed by atoms with E-state index in [0.717, 1.165) is 39.4 Å². The van der Waals surface area contributed by atoms with Gasteiger partial charge < -0.3 is 15.6 Å². The van der Waals surface area contributed by atoms with Crippen molar-refractivity contribution in [2.45, 2.75) is 13.0 Å². The van der Waals surface area contributed by atoms with Gasteiger partial charge in [0.2, 0.25) is 0 Å². The van der Waals surface area contributed by atoms with Crippen molar-refractivity contribution < 1.29 is 4.79 Å². The van der Waals surface area contributed by atoms with Gasteiger partial charge in [0.1, 0.15) is 5.82 Å². The van der Waals surface area contributed by atoms with Gasteiger partial charge in [-0.25, -0.2) is 4.98 Å². The number of thiophene rings is 1. The second-order valence-electron chi connectivity index (χ2n) is 7.40. The van der Waals surface area contributed by atoms with Gasteiger partial charge in [0.05, 0.1) is 16.6 Å². The molecule has 0 aliphatic heterocycles. The summed E-state index contributed by atoms with van der Waals surface area (Å²) in [5.41, 5.74) is 4.72. The summed E-state index contributed by atoms with van der Waals surface area (Å²) in [7, 11) is 0. The maximum absolute atomic E-state index is 12.6. The van der Waals surface area contributed by atoms with Crippen molar-refractivity contribution in [3.63, 3.8) is 0 Å². The summed E-state index contributed by atoms with van der Waals surface area (Å²) in [6.45, 7) is 2.05. The van der Waals surface area contributed by atoms with Crippen LogP contribution < -0.4 is 10.6 Å². The Kier molecular flexibility index (Phi) is 5.39. The summed E-state index contributed by atoms with van der Waals surface area (Å²) >= 11 is 1.42. The number of rotatable bonds is 6. The highest BCUT2D eigenvalue weighted by Crippen LogP contribution is 2.35. The number of H-pyrrole nitrogens is 1. The molecule has 0 radical (unpaired) electrons. The molecule has 1 atom stereocenters. The lowest BCUT2D eigenvalue weighted by atomic mass is 9.99. The van der Waals surface area contributed by atoms with E-state index >= 15 is 0 Å². The van der Waals surface area contributed by atoms with E-state index in [-0.39, 0.29) is 11.9 Å². The molecule has 0 aliphatic rings. The SMILES string of the molecule is Cc1[nH]c2ccc(NC(=O)c3cccs3)cc2c1[C@@H](Nc1ccccn1)c1ccccn1. The molecule has 5 aromatic rings. The van der Waals surface area contributed by atoms with Gasteiger partial charge in [0.25, 0.3) is 5.91 Å². The fourth-order valence-electron chi connectivity index (χ4n) is 3.83. The Morgan fingerprint density at radius 2 is 1.84 bits per heavy atom. The minimum absolute atomic E-state index is 0.110. The highest BCUT2D eigenvalue weighted by atomic mass is 32.1. The topological polar surface area (TPSA) is 82.7 Å². The van der Waals surface area contributed by atoms with Crippen LogP contribution in [0.5, 0.6) is 0 Å². The van der Waals surface area contributed by atoms with Gasteiger partial charge in [-0.3, -0.25) is 9.78 Å². The van der Waals surface area contributed by atoms with Gasteiger partial charge in [-0.2, -0.15) is 0 Å². The average molecular weight is 440 g/mol. The number of aromatic amines is 1. The van der Waals surface area contributed by atoms with Gasteiger partial charge in [-0.05, 0) is 60.8 Å². The molecule has 1 aromatic carbocycles. The summed E-state index contributed by atoms with van der Waals surface area (Å²) in [5, 5.41) is 9.46. The third kappa shape index (κ3) is 3.98. The Labute approximate surface area is 189 Å². The molecule has 7 heteroatoms. The molecule has 0 saturated carbocycles. The molecule has 32 heavy (non-hydrogen) atoms. The van der Waals surface area contributed by atoms with Crippen molar-refractivity contribution in [1.82, 2.24) is 15.0 Å². The number of nitrogens with one attached hydrogen (secondary N) is 3. The van der Waals surface area contributed by atoms with Crippen LogP contribution in [0.15, 0.2) is 84.5 Å². The number of anilines is 2. The van der Waals surface area contributed by atoms with Crippen LogP contribution in [0.25, 0.3) is 10.9 Å². The molecular weight excluding hydrogens is 418 g/mol. The summed E-state index contributed by atoms with van der Waals surface area (Å²) in [6, 6.07) is 21.0. The van der Waals surface area contributed by atoms with Crippen LogP contribution in [-0.2, 0) is 0 Å². The monoisotopic (exact) mass is 439 g/mol. The van der Waals surface area contributed by atoms with Crippen LogP contribution in [0.4, 0.5) is 11.5 Å². The van der Waals surface area contributed by atoms with Crippen LogP contribution in [0, 0.1) is 6.92 Å². The molecular formula is C25H21N5OS. The van der Waals surface area contributed by atoms with E-state index in [0.29, 0.717) is 4.88 Å². The second kappa shape index (κ2) is 8.64. The van der Waals surface area contributed by atoms with Gasteiger partial charge in [-0.15, -0.1) is 11.3 Å². The molecule has 158 valence electrons. The number of benzene rings is 1. The number of hydrogen-bond donors (Lipinski definition) is 3. The quantitative estimate of drug-likeness (QED) is 0.313. The van der Waals surface area contributed by atoms with E-state index < -0.39 is 0 Å². The molecule has 3 N–H and O–H groups in total. The first-order valence-corrected chi connectivity index (χ1v) is 11.1. The predicted molar refractivity (Wildman–Crippen MR) is 129 cm³/mol. The first-order chi connectivity index (χ1) is 15.7. The number of aryl methyl sites for hydroxylation is 1. The van der Waals surface area contributed by atoms with Crippen molar-refractivity contribution in [2.75, 3.05) is 10.6 Å². The molecule has 4 aromatic heterocycles. The molecule has 5 rings (SSSR count). The van der Waals surface area contributed by atoms with Gasteiger partial charge in [-0.1, -0.05) is 18.2 Å². The molecule has 4 heterocycles. The zero-order valence-corrected chi connectivity index (χ0v) is 18.2. The Morgan fingerprint density at radius 1 is 1.00 bits per heavy atom. The van der Waals surface area contributed by atoms with Gasteiger partial charge >= 0.3 is 0 Å². The van der Waals surface area contributed by atoms with Crippen molar-refractivity contribution in [1.29, 1.82) is 0 Å². The minimum atomic E-state index is -0.219. The number of fused-ring (bicyclic) bond motifs is 1. The summed E-state index contributed by atoms with van der Waals surface area (Å²) in [6.07, 6.45) is 3.55. The van der Waals surface area contributed by atoms with E-state index in [1.54, 1.807) is 12.4 Å². The Balaban J connectivity index is 1.58. The summed E-state index contributed by atoms with van der Waals surface area (Å²) in [4.78, 5) is 25.8. The number of aromatic nitrogens is 3. The Morgan fingerprint density at radius 3 is 2.56 bits per heavy atom. The van der Waals surface area contributed by atoms with E-state index in [4.69, 9.17) is 0 Å². The second-order valence-corrected chi connectivity index (χ2v) is 8.35. The lowest BCUT2D eigenvalue weighted by Gasteiger charge is -2.20. The van der Waals surface area contributed by atoms with Crippen molar-refractivity contribution >= 4 is 39.7 Å². The molecule has 0 bridgehead atoms. The Bertz CT molecular complexity index is 1350. The number of hydrogen-bond acceptors (Lipinski definition) is 5. The smallest absolute Gasteiger partial charge is 0.265 e. The summed E-state index contributed by atoms with van der Waals surface area (Å²) < 4.78 is 0. The zero-order valence-electron chi connectivity index (χ0n) is 17.4. The van der Waals surface area contributed by atoms with E-state index in [2.05, 4.69) is 32.5 Å². The minimum Gasteiger partial charge on any atom is -0.358 e. The Hall–Kier alpha value is -3.97. The van der Waals surface area contributed by atoms with Crippen LogP contribution in [0.2, 0.25) is 0 Å². The first kappa shape index (κ1) is 20.0. The van der Waals surface area contributed by atoms with Crippen molar-refractivity contribution in [3.05, 3.63) is 106 Å². The average Bonchev–Trinajstić information content (AvgIpc) is 3.47. The van der Waals surface area contributed by atoms with Crippen molar-refractivity contribution in [3.8, 4) is 0 Å². The highest BCUT2D eigenvalue weighted by molar-refractivity contribution is 7.12. The number of pyridine rings is 2. The molecule has 0 spiro atoms. The first-order valence-electron chi connectivity index (χ1n) is 10.2. The fraction of sp³-hybridized carbons (Fsp3) is 0.0800. The number of carbonyl (C=O) groups excluding carboxylic acids is 1. The van der Waals surface area contributed by atoms with E-state index in [9.17, 15) is 4.79 Å². The number of nitrogens with zero attached hydrogens (tertiary/aromatic N) is 2. The molecule has 0 fully saturated rings. The molecule has 6 nitrogen and oxygen atoms in total. The van der Waals surface area contributed by atoms with Crippen LogP contribution in [-0.4, -0.2) is 20.9 Å². The maximum atomic E-state index is 12.6. The molecule has 1 amide bonds. The molecule has 0 aliphatic carbocycles. The van der Waals surface area contributed by atoms with Crippen LogP contribution in [0.1, 0.15) is 32.7 Å². The largest absolute Gasteiger partial charge is 0.358 e. The van der Waals surface area contributed by atoms with Crippen LogP contribution >= 0.6 is 11.3 Å². The standard InChI is InChI=1S/C25H21N5OS/c1-16-23(24(20-7-2-4-12-26-20)30-22-9-3-5-13-27-22)18-15-17(10-11-19(18)28-16)29-25(31)21-8-6-14-32-21/h2-15,24,28H,1H3,(H,27,30)(H,29,31)/t24-/m0/s1. The van der Waals surface area contributed by atoms with Crippen molar-refractivity contribution in [2.24, 2.45) is 0 Å². The zero-order chi connectivity index (χ0) is 21.9. The van der Waals surface area contributed by atoms with Crippen LogP contribution in [0.3, 0.4) is 0 Å². The number of amides is 1.